The van der Waals surface area contributed by atoms with Gasteiger partial charge in [0.05, 0.1) is 0 Å². The minimum Gasteiger partial charge on any atom is -0.409 e. The molecule has 1 aromatic heterocycles. The van der Waals surface area contributed by atoms with Crippen molar-refractivity contribution in [1.29, 1.82) is 0 Å². The van der Waals surface area contributed by atoms with Crippen LogP contribution in [0.1, 0.15) is 19.0 Å². The van der Waals surface area contributed by atoms with E-state index < -0.39 is 0 Å². The second-order valence-electron chi connectivity index (χ2n) is 4.13. The maximum absolute atomic E-state index is 8.65. The number of pyridine rings is 1. The summed E-state index contributed by atoms with van der Waals surface area (Å²) in [5.41, 5.74) is 7.03. The van der Waals surface area contributed by atoms with E-state index in [1.807, 2.05) is 30.9 Å². The third kappa shape index (κ3) is 3.80. The van der Waals surface area contributed by atoms with Crippen LogP contribution in [0.4, 0.5) is 5.69 Å². The summed E-state index contributed by atoms with van der Waals surface area (Å²) in [6, 6.07) is 4.17. The smallest absolute Gasteiger partial charge is 0.188 e. The molecule has 1 atom stereocenters. The Morgan fingerprint density at radius 1 is 1.67 bits per heavy atom. The first kappa shape index (κ1) is 14.6. The zero-order valence-corrected chi connectivity index (χ0v) is 11.8. The number of thioether (sulfide) groups is 1. The Balaban J connectivity index is 2.82. The number of oxime groups is 1. The summed E-state index contributed by atoms with van der Waals surface area (Å²) in [6.45, 7) is 2.18. The van der Waals surface area contributed by atoms with Crippen LogP contribution in [0.15, 0.2) is 23.5 Å². The average Bonchev–Trinajstić information content (AvgIpc) is 2.43. The molecule has 1 heterocycles. The van der Waals surface area contributed by atoms with Crippen molar-refractivity contribution in [3.8, 4) is 0 Å². The number of aromatic nitrogens is 1. The zero-order valence-electron chi connectivity index (χ0n) is 11.0. The van der Waals surface area contributed by atoms with Gasteiger partial charge in [0.15, 0.2) is 5.84 Å². The highest BCUT2D eigenvalue weighted by Gasteiger charge is 2.11. The Kier molecular flexibility index (Phi) is 5.77. The molecule has 0 radical (unpaired) electrons. The molecule has 0 aliphatic heterocycles. The van der Waals surface area contributed by atoms with Gasteiger partial charge in [0, 0.05) is 25.0 Å². The van der Waals surface area contributed by atoms with Gasteiger partial charge < -0.3 is 15.8 Å². The van der Waals surface area contributed by atoms with Crippen LogP contribution in [-0.2, 0) is 0 Å². The highest BCUT2D eigenvalue weighted by Crippen LogP contribution is 2.17. The van der Waals surface area contributed by atoms with E-state index >= 15 is 0 Å². The van der Waals surface area contributed by atoms with Gasteiger partial charge in [-0.2, -0.15) is 11.8 Å². The molecule has 1 rings (SSSR count). The van der Waals surface area contributed by atoms with Crippen LogP contribution in [-0.4, -0.2) is 41.1 Å². The number of anilines is 1. The summed E-state index contributed by atoms with van der Waals surface area (Å²) < 4.78 is 0. The van der Waals surface area contributed by atoms with Crippen molar-refractivity contribution >= 4 is 23.3 Å². The van der Waals surface area contributed by atoms with Gasteiger partial charge in [-0.1, -0.05) is 5.16 Å². The van der Waals surface area contributed by atoms with E-state index in [2.05, 4.69) is 28.2 Å². The van der Waals surface area contributed by atoms with Crippen LogP contribution in [0, 0.1) is 0 Å². The second-order valence-corrected chi connectivity index (χ2v) is 5.11. The van der Waals surface area contributed by atoms with Gasteiger partial charge in [0.2, 0.25) is 0 Å². The van der Waals surface area contributed by atoms with Crippen molar-refractivity contribution in [1.82, 2.24) is 4.98 Å². The predicted molar refractivity (Wildman–Crippen MR) is 77.6 cm³/mol. The standard InChI is InChI=1S/C12H20N4OS/c1-9(5-7-18-3)16(2)10-4-6-14-11(8-10)12(13)15-17/h4,6,8-9,17H,5,7H2,1-3H3,(H2,13,15). The monoisotopic (exact) mass is 268 g/mol. The average molecular weight is 268 g/mol. The molecule has 6 heteroatoms. The van der Waals surface area contributed by atoms with Gasteiger partial charge in [-0.25, -0.2) is 0 Å². The summed E-state index contributed by atoms with van der Waals surface area (Å²) in [4.78, 5) is 6.24. The van der Waals surface area contributed by atoms with Crippen molar-refractivity contribution in [2.24, 2.45) is 10.9 Å². The Morgan fingerprint density at radius 3 is 3.00 bits per heavy atom. The third-order valence-corrected chi connectivity index (χ3v) is 3.57. The lowest BCUT2D eigenvalue weighted by Crippen LogP contribution is -2.29. The zero-order chi connectivity index (χ0) is 13.5. The molecule has 1 aromatic rings. The molecule has 0 fully saturated rings. The van der Waals surface area contributed by atoms with E-state index in [9.17, 15) is 0 Å². The van der Waals surface area contributed by atoms with Crippen LogP contribution in [0.25, 0.3) is 0 Å². The van der Waals surface area contributed by atoms with Gasteiger partial charge in [-0.15, -0.1) is 0 Å². The molecule has 0 saturated heterocycles. The maximum atomic E-state index is 8.65. The molecule has 0 bridgehead atoms. The van der Waals surface area contributed by atoms with Crippen molar-refractivity contribution in [2.75, 3.05) is 24.0 Å². The Labute approximate surface area is 112 Å². The van der Waals surface area contributed by atoms with E-state index in [0.717, 1.165) is 17.9 Å². The fourth-order valence-electron chi connectivity index (χ4n) is 1.57. The normalized spacial score (nSPS) is 13.4. The van der Waals surface area contributed by atoms with Gasteiger partial charge in [0.1, 0.15) is 5.69 Å². The van der Waals surface area contributed by atoms with Gasteiger partial charge in [0.25, 0.3) is 0 Å². The number of hydrogen-bond acceptors (Lipinski definition) is 5. The molecule has 0 aliphatic carbocycles. The SMILES string of the molecule is CSCCC(C)N(C)c1ccnc(/C(N)=N/O)c1. The van der Waals surface area contributed by atoms with Crippen molar-refractivity contribution < 1.29 is 5.21 Å². The first-order valence-electron chi connectivity index (χ1n) is 5.75. The Hall–Kier alpha value is -1.43. The molecule has 0 saturated carbocycles. The Bertz CT molecular complexity index is 411. The van der Waals surface area contributed by atoms with Crippen LogP contribution < -0.4 is 10.6 Å². The van der Waals surface area contributed by atoms with Gasteiger partial charge in [-0.05, 0) is 37.5 Å². The predicted octanol–water partition coefficient (Wildman–Crippen LogP) is 1.75. The van der Waals surface area contributed by atoms with Crippen molar-refractivity contribution in [2.45, 2.75) is 19.4 Å². The van der Waals surface area contributed by atoms with E-state index in [1.165, 1.54) is 0 Å². The minimum absolute atomic E-state index is 0.0296. The number of nitrogens with zero attached hydrogens (tertiary/aromatic N) is 3. The van der Waals surface area contributed by atoms with Gasteiger partial charge in [-0.3, -0.25) is 4.98 Å². The molecule has 0 aromatic carbocycles. The first-order chi connectivity index (χ1) is 8.60. The van der Waals surface area contributed by atoms with Crippen LogP contribution in [0.3, 0.4) is 0 Å². The molecule has 0 spiro atoms. The van der Waals surface area contributed by atoms with Crippen LogP contribution in [0.5, 0.6) is 0 Å². The summed E-state index contributed by atoms with van der Waals surface area (Å²) in [5, 5.41) is 11.6. The summed E-state index contributed by atoms with van der Waals surface area (Å²) in [5.74, 6) is 1.16. The highest BCUT2D eigenvalue weighted by atomic mass is 32.2. The quantitative estimate of drug-likeness (QED) is 0.356. The number of amidine groups is 1. The summed E-state index contributed by atoms with van der Waals surface area (Å²) in [6.07, 6.45) is 4.88. The Morgan fingerprint density at radius 2 is 2.39 bits per heavy atom. The summed E-state index contributed by atoms with van der Waals surface area (Å²) in [7, 11) is 2.04. The number of hydrogen-bond donors (Lipinski definition) is 2. The van der Waals surface area contributed by atoms with Crippen molar-refractivity contribution in [3.05, 3.63) is 24.0 Å². The molecular formula is C12H20N4OS. The van der Waals surface area contributed by atoms with Crippen molar-refractivity contribution in [3.63, 3.8) is 0 Å². The highest BCUT2D eigenvalue weighted by molar-refractivity contribution is 7.98. The fourth-order valence-corrected chi connectivity index (χ4v) is 2.14. The molecule has 18 heavy (non-hydrogen) atoms. The lowest BCUT2D eigenvalue weighted by atomic mass is 10.2. The topological polar surface area (TPSA) is 74.7 Å². The maximum Gasteiger partial charge on any atom is 0.188 e. The molecule has 100 valence electrons. The molecule has 1 unspecified atom stereocenters. The molecular weight excluding hydrogens is 248 g/mol. The molecule has 0 amide bonds. The largest absolute Gasteiger partial charge is 0.409 e. The molecule has 0 aliphatic rings. The van der Waals surface area contributed by atoms with Gasteiger partial charge >= 0.3 is 0 Å². The van der Waals surface area contributed by atoms with E-state index in [-0.39, 0.29) is 5.84 Å². The lowest BCUT2D eigenvalue weighted by molar-refractivity contribution is 0.318. The third-order valence-electron chi connectivity index (χ3n) is 2.92. The lowest BCUT2D eigenvalue weighted by Gasteiger charge is -2.27. The number of nitrogens with two attached hydrogens (primary N) is 1. The summed E-state index contributed by atoms with van der Waals surface area (Å²) >= 11 is 1.84. The second kappa shape index (κ2) is 7.10. The fraction of sp³-hybridized carbons (Fsp3) is 0.500. The van der Waals surface area contributed by atoms with E-state index in [0.29, 0.717) is 11.7 Å². The van der Waals surface area contributed by atoms with E-state index in [4.69, 9.17) is 10.9 Å². The number of rotatable bonds is 6. The van der Waals surface area contributed by atoms with E-state index in [1.54, 1.807) is 6.20 Å². The van der Waals surface area contributed by atoms with Crippen LogP contribution >= 0.6 is 11.8 Å². The first-order valence-corrected chi connectivity index (χ1v) is 7.15. The molecule has 3 N–H and O–H groups in total. The minimum atomic E-state index is 0.0296. The van der Waals surface area contributed by atoms with Crippen LogP contribution in [0.2, 0.25) is 0 Å². The molecule has 5 nitrogen and oxygen atoms in total.